The molecule has 1 aliphatic carbocycles. The van der Waals surface area contributed by atoms with Gasteiger partial charge in [0.25, 0.3) is 5.91 Å². The van der Waals surface area contributed by atoms with E-state index >= 15 is 0 Å². The maximum Gasteiger partial charge on any atom is 0.253 e. The predicted molar refractivity (Wildman–Crippen MR) is 99.2 cm³/mol. The van der Waals surface area contributed by atoms with Crippen LogP contribution in [0, 0.1) is 19.8 Å². The number of fused-ring (bicyclic) bond motifs is 1. The lowest BCUT2D eigenvalue weighted by Gasteiger charge is -2.24. The lowest BCUT2D eigenvalue weighted by Crippen LogP contribution is -2.35. The van der Waals surface area contributed by atoms with E-state index in [1.54, 1.807) is 0 Å². The highest BCUT2D eigenvalue weighted by atomic mass is 16.5. The van der Waals surface area contributed by atoms with Crippen molar-refractivity contribution in [2.24, 2.45) is 5.92 Å². The molecule has 5 nitrogen and oxygen atoms in total. The number of aromatic nitrogens is 2. The maximum atomic E-state index is 13.1. The van der Waals surface area contributed by atoms with Crippen molar-refractivity contribution < 1.29 is 9.32 Å². The Morgan fingerprint density at radius 1 is 1.31 bits per heavy atom. The molecule has 5 heteroatoms. The molecule has 0 spiro atoms. The molecular formula is C21H27N3O2. The average molecular weight is 353 g/mol. The van der Waals surface area contributed by atoms with Crippen molar-refractivity contribution in [3.05, 3.63) is 46.6 Å². The van der Waals surface area contributed by atoms with Gasteiger partial charge in [-0.2, -0.15) is 4.98 Å². The van der Waals surface area contributed by atoms with Crippen LogP contribution in [-0.2, 0) is 5.41 Å². The van der Waals surface area contributed by atoms with E-state index in [0.717, 1.165) is 36.3 Å². The van der Waals surface area contributed by atoms with E-state index in [4.69, 9.17) is 9.51 Å². The smallest absolute Gasteiger partial charge is 0.253 e. The van der Waals surface area contributed by atoms with Gasteiger partial charge in [0.1, 0.15) is 0 Å². The van der Waals surface area contributed by atoms with Crippen molar-refractivity contribution in [3.63, 3.8) is 0 Å². The minimum atomic E-state index is -0.133. The molecule has 2 aliphatic rings. The summed E-state index contributed by atoms with van der Waals surface area (Å²) in [5, 5.41) is 4.32. The molecule has 2 aromatic rings. The number of benzene rings is 1. The number of hydrogen-bond acceptors (Lipinski definition) is 4. The summed E-state index contributed by atoms with van der Waals surface area (Å²) in [7, 11) is 0. The average Bonchev–Trinajstić information content (AvgIpc) is 3.29. The fourth-order valence-corrected chi connectivity index (χ4v) is 4.54. The van der Waals surface area contributed by atoms with E-state index in [0.29, 0.717) is 18.4 Å². The first-order valence-corrected chi connectivity index (χ1v) is 9.61. The SMILES string of the molecule is Cc1ccc(C(=O)N2C[C@H]3CCC[C@@]3(c3noc(C(C)C)n3)C2)cc1C. The first-order chi connectivity index (χ1) is 12.4. The summed E-state index contributed by atoms with van der Waals surface area (Å²) >= 11 is 0. The summed E-state index contributed by atoms with van der Waals surface area (Å²) < 4.78 is 5.49. The minimum Gasteiger partial charge on any atom is -0.339 e. The summed E-state index contributed by atoms with van der Waals surface area (Å²) in [6.07, 6.45) is 3.33. The molecule has 1 saturated heterocycles. The molecule has 1 saturated carbocycles. The largest absolute Gasteiger partial charge is 0.339 e. The number of rotatable bonds is 3. The van der Waals surface area contributed by atoms with Crippen LogP contribution >= 0.6 is 0 Å². The van der Waals surface area contributed by atoms with E-state index in [-0.39, 0.29) is 17.2 Å². The third kappa shape index (κ3) is 2.65. The minimum absolute atomic E-state index is 0.120. The number of amides is 1. The van der Waals surface area contributed by atoms with E-state index in [1.165, 1.54) is 12.0 Å². The number of hydrogen-bond donors (Lipinski definition) is 0. The quantitative estimate of drug-likeness (QED) is 0.837. The number of carbonyl (C=O) groups is 1. The molecule has 26 heavy (non-hydrogen) atoms. The Balaban J connectivity index is 1.61. The molecule has 1 aromatic carbocycles. The number of nitrogens with zero attached hydrogens (tertiary/aromatic N) is 3. The van der Waals surface area contributed by atoms with Crippen molar-refractivity contribution in [1.29, 1.82) is 0 Å². The summed E-state index contributed by atoms with van der Waals surface area (Å²) in [6, 6.07) is 5.98. The van der Waals surface area contributed by atoms with Crippen molar-refractivity contribution in [2.75, 3.05) is 13.1 Å². The van der Waals surface area contributed by atoms with Gasteiger partial charge in [0.05, 0.1) is 5.41 Å². The maximum absolute atomic E-state index is 13.1. The zero-order chi connectivity index (χ0) is 18.5. The summed E-state index contributed by atoms with van der Waals surface area (Å²) in [5.41, 5.74) is 3.01. The Bertz CT molecular complexity index is 842. The Morgan fingerprint density at radius 3 is 2.81 bits per heavy atom. The van der Waals surface area contributed by atoms with Gasteiger partial charge >= 0.3 is 0 Å². The Morgan fingerprint density at radius 2 is 2.12 bits per heavy atom. The fraction of sp³-hybridized carbons (Fsp3) is 0.571. The summed E-state index contributed by atoms with van der Waals surface area (Å²) in [4.78, 5) is 19.8. The van der Waals surface area contributed by atoms with E-state index in [1.807, 2.05) is 23.1 Å². The number of carbonyl (C=O) groups excluding carboxylic acids is 1. The van der Waals surface area contributed by atoms with Crippen LogP contribution < -0.4 is 0 Å². The van der Waals surface area contributed by atoms with Crippen LogP contribution in [0.15, 0.2) is 22.7 Å². The highest BCUT2D eigenvalue weighted by Gasteiger charge is 2.54. The van der Waals surface area contributed by atoms with E-state index in [9.17, 15) is 4.79 Å². The van der Waals surface area contributed by atoms with Gasteiger partial charge in [0, 0.05) is 24.6 Å². The van der Waals surface area contributed by atoms with Gasteiger partial charge in [-0.05, 0) is 55.9 Å². The van der Waals surface area contributed by atoms with Crippen LogP contribution in [-0.4, -0.2) is 34.0 Å². The molecule has 4 rings (SSSR count). The lowest BCUT2D eigenvalue weighted by atomic mass is 9.80. The van der Waals surface area contributed by atoms with E-state index in [2.05, 4.69) is 32.9 Å². The summed E-state index contributed by atoms with van der Waals surface area (Å²) in [6.45, 7) is 9.73. The second-order valence-corrected chi connectivity index (χ2v) is 8.34. The molecule has 2 atom stereocenters. The zero-order valence-electron chi connectivity index (χ0n) is 16.1. The second-order valence-electron chi connectivity index (χ2n) is 8.34. The monoisotopic (exact) mass is 353 g/mol. The van der Waals surface area contributed by atoms with Crippen molar-refractivity contribution in [1.82, 2.24) is 15.0 Å². The summed E-state index contributed by atoms with van der Waals surface area (Å²) in [5.74, 6) is 2.27. The Kier molecular flexibility index (Phi) is 4.13. The highest BCUT2D eigenvalue weighted by molar-refractivity contribution is 5.94. The Hall–Kier alpha value is -2.17. The molecule has 1 aromatic heterocycles. The molecule has 138 valence electrons. The van der Waals surface area contributed by atoms with Crippen LogP contribution in [0.1, 0.15) is 72.2 Å². The number of aryl methyl sites for hydroxylation is 2. The molecule has 2 heterocycles. The predicted octanol–water partition coefficient (Wildman–Crippen LogP) is 4.00. The molecule has 0 unspecified atom stereocenters. The number of likely N-dealkylation sites (tertiary alicyclic amines) is 1. The van der Waals surface area contributed by atoms with Gasteiger partial charge < -0.3 is 9.42 Å². The third-order valence-corrected chi connectivity index (χ3v) is 6.29. The van der Waals surface area contributed by atoms with Crippen LogP contribution in [0.5, 0.6) is 0 Å². The van der Waals surface area contributed by atoms with Crippen molar-refractivity contribution in [3.8, 4) is 0 Å². The normalized spacial score (nSPS) is 25.1. The Labute approximate surface area is 154 Å². The van der Waals surface area contributed by atoms with Crippen LogP contribution in [0.2, 0.25) is 0 Å². The molecule has 2 fully saturated rings. The van der Waals surface area contributed by atoms with Gasteiger partial charge in [0.15, 0.2) is 5.82 Å². The second kappa shape index (κ2) is 6.22. The van der Waals surface area contributed by atoms with Crippen LogP contribution in [0.25, 0.3) is 0 Å². The fourth-order valence-electron chi connectivity index (χ4n) is 4.54. The lowest BCUT2D eigenvalue weighted by molar-refractivity contribution is 0.0777. The molecular weight excluding hydrogens is 326 g/mol. The van der Waals surface area contributed by atoms with Gasteiger partial charge in [-0.3, -0.25) is 4.79 Å². The van der Waals surface area contributed by atoms with Crippen LogP contribution in [0.3, 0.4) is 0 Å². The van der Waals surface area contributed by atoms with Gasteiger partial charge in [0.2, 0.25) is 5.89 Å². The highest BCUT2D eigenvalue weighted by Crippen LogP contribution is 2.49. The van der Waals surface area contributed by atoms with Crippen LogP contribution in [0.4, 0.5) is 0 Å². The van der Waals surface area contributed by atoms with Gasteiger partial charge in [-0.25, -0.2) is 0 Å². The van der Waals surface area contributed by atoms with Crippen molar-refractivity contribution in [2.45, 2.75) is 58.3 Å². The molecule has 1 amide bonds. The third-order valence-electron chi connectivity index (χ3n) is 6.29. The molecule has 0 bridgehead atoms. The topological polar surface area (TPSA) is 59.2 Å². The molecule has 0 radical (unpaired) electrons. The first kappa shape index (κ1) is 17.3. The molecule has 1 aliphatic heterocycles. The van der Waals surface area contributed by atoms with Crippen molar-refractivity contribution >= 4 is 5.91 Å². The standard InChI is InChI=1S/C21H27N3O2/c1-13(2)18-22-20(23-26-18)21-9-5-6-17(21)11-24(12-21)19(25)16-8-7-14(3)15(4)10-16/h7-8,10,13,17H,5-6,9,11-12H2,1-4H3/t17-,21-/m1/s1. The van der Waals surface area contributed by atoms with Gasteiger partial charge in [-0.1, -0.05) is 31.5 Å². The molecule has 0 N–H and O–H groups in total. The van der Waals surface area contributed by atoms with Gasteiger partial charge in [-0.15, -0.1) is 0 Å². The van der Waals surface area contributed by atoms with E-state index < -0.39 is 0 Å². The zero-order valence-corrected chi connectivity index (χ0v) is 16.1. The first-order valence-electron chi connectivity index (χ1n) is 9.61.